The Balaban J connectivity index is 1.57. The van der Waals surface area contributed by atoms with E-state index in [1.54, 1.807) is 12.4 Å². The number of benzene rings is 2. The van der Waals surface area contributed by atoms with Crippen LogP contribution in [0.1, 0.15) is 43.3 Å². The van der Waals surface area contributed by atoms with Crippen molar-refractivity contribution in [3.05, 3.63) is 107 Å². The van der Waals surface area contributed by atoms with E-state index in [1.165, 1.54) is 11.1 Å². The number of nitrogens with zero attached hydrogens (tertiary/aromatic N) is 3. The van der Waals surface area contributed by atoms with Crippen LogP contribution >= 0.6 is 11.6 Å². The Bertz CT molecular complexity index is 1210. The number of hydrogen-bond donors (Lipinski definition) is 0. The van der Waals surface area contributed by atoms with Gasteiger partial charge in [0.2, 0.25) is 0 Å². The molecule has 1 atom stereocenters. The lowest BCUT2D eigenvalue weighted by Gasteiger charge is -2.35. The fourth-order valence-electron chi connectivity index (χ4n) is 3.99. The molecule has 33 heavy (non-hydrogen) atoms. The van der Waals surface area contributed by atoms with Crippen LogP contribution in [-0.4, -0.2) is 15.0 Å². The van der Waals surface area contributed by atoms with Gasteiger partial charge in [0.25, 0.3) is 0 Å². The molecule has 0 saturated heterocycles. The highest BCUT2D eigenvalue weighted by molar-refractivity contribution is 6.31. The SMILES string of the molecule is Cc1cnc(-c2ccc(C(C)(c3ccc(OCc4ccccn4)cc3)C(C)C)cc2)c(Cl)n1. The molecule has 0 bridgehead atoms. The Labute approximate surface area is 200 Å². The van der Waals surface area contributed by atoms with Crippen molar-refractivity contribution in [2.45, 2.75) is 39.7 Å². The molecule has 0 N–H and O–H groups in total. The van der Waals surface area contributed by atoms with Gasteiger partial charge in [0.1, 0.15) is 18.1 Å². The van der Waals surface area contributed by atoms with Crippen LogP contribution in [0, 0.1) is 12.8 Å². The largest absolute Gasteiger partial charge is 0.487 e. The van der Waals surface area contributed by atoms with Crippen LogP contribution in [0.5, 0.6) is 5.75 Å². The lowest BCUT2D eigenvalue weighted by molar-refractivity contribution is 0.301. The van der Waals surface area contributed by atoms with Gasteiger partial charge in [-0.3, -0.25) is 9.97 Å². The minimum atomic E-state index is -0.166. The number of rotatable bonds is 7. The van der Waals surface area contributed by atoms with Gasteiger partial charge in [-0.1, -0.05) is 74.8 Å². The number of ether oxygens (including phenoxy) is 1. The lowest BCUT2D eigenvalue weighted by atomic mass is 9.68. The molecule has 0 fully saturated rings. The summed E-state index contributed by atoms with van der Waals surface area (Å²) in [6, 6.07) is 22.7. The molecule has 0 saturated carbocycles. The van der Waals surface area contributed by atoms with E-state index >= 15 is 0 Å². The molecule has 4 nitrogen and oxygen atoms in total. The average molecular weight is 458 g/mol. The van der Waals surface area contributed by atoms with Gasteiger partial charge in [-0.25, -0.2) is 4.98 Å². The maximum absolute atomic E-state index is 6.33. The molecule has 168 valence electrons. The fraction of sp³-hybridized carbons (Fsp3) is 0.250. The van der Waals surface area contributed by atoms with Crippen LogP contribution in [0.4, 0.5) is 0 Å². The molecule has 4 rings (SSSR count). The average Bonchev–Trinajstić information content (AvgIpc) is 2.83. The maximum Gasteiger partial charge on any atom is 0.155 e. The number of halogens is 1. The first-order valence-electron chi connectivity index (χ1n) is 11.1. The van der Waals surface area contributed by atoms with Crippen LogP contribution in [-0.2, 0) is 12.0 Å². The van der Waals surface area contributed by atoms with E-state index in [0.717, 1.165) is 22.7 Å². The topological polar surface area (TPSA) is 47.9 Å². The molecule has 0 spiro atoms. The first kappa shape index (κ1) is 22.9. The summed E-state index contributed by atoms with van der Waals surface area (Å²) in [6.07, 6.45) is 3.52. The predicted molar refractivity (Wildman–Crippen MR) is 134 cm³/mol. The zero-order valence-corrected chi connectivity index (χ0v) is 20.2. The zero-order chi connectivity index (χ0) is 23.4. The molecule has 2 heterocycles. The van der Waals surface area contributed by atoms with Crippen molar-refractivity contribution in [1.82, 2.24) is 15.0 Å². The molecular weight excluding hydrogens is 430 g/mol. The van der Waals surface area contributed by atoms with Crippen molar-refractivity contribution in [1.29, 1.82) is 0 Å². The molecule has 0 radical (unpaired) electrons. The highest BCUT2D eigenvalue weighted by Gasteiger charge is 2.32. The second-order valence-electron chi connectivity index (χ2n) is 8.72. The molecule has 2 aromatic carbocycles. The van der Waals surface area contributed by atoms with Crippen LogP contribution < -0.4 is 4.74 Å². The Morgan fingerprint density at radius 1 is 0.909 bits per heavy atom. The molecule has 0 aliphatic heterocycles. The molecule has 0 amide bonds. The summed E-state index contributed by atoms with van der Waals surface area (Å²) in [7, 11) is 0. The van der Waals surface area contributed by atoms with Gasteiger partial charge >= 0.3 is 0 Å². The summed E-state index contributed by atoms with van der Waals surface area (Å²) in [4.78, 5) is 13.1. The van der Waals surface area contributed by atoms with Gasteiger partial charge in [0.15, 0.2) is 5.15 Å². The Morgan fingerprint density at radius 2 is 1.58 bits per heavy atom. The van der Waals surface area contributed by atoms with Crippen molar-refractivity contribution >= 4 is 11.6 Å². The third kappa shape index (κ3) is 4.91. The van der Waals surface area contributed by atoms with E-state index in [-0.39, 0.29) is 5.41 Å². The minimum absolute atomic E-state index is 0.166. The third-order valence-electron chi connectivity index (χ3n) is 6.33. The summed E-state index contributed by atoms with van der Waals surface area (Å²) in [6.45, 7) is 9.13. The molecule has 0 aliphatic carbocycles. The van der Waals surface area contributed by atoms with Gasteiger partial charge in [-0.05, 0) is 48.2 Å². The maximum atomic E-state index is 6.33. The van der Waals surface area contributed by atoms with E-state index in [2.05, 4.69) is 72.1 Å². The van der Waals surface area contributed by atoms with Crippen LogP contribution in [0.2, 0.25) is 5.15 Å². The zero-order valence-electron chi connectivity index (χ0n) is 19.4. The number of pyridine rings is 1. The van der Waals surface area contributed by atoms with E-state index in [0.29, 0.717) is 23.4 Å². The van der Waals surface area contributed by atoms with Gasteiger partial charge < -0.3 is 4.74 Å². The quantitative estimate of drug-likeness (QED) is 0.298. The normalized spacial score (nSPS) is 13.0. The Kier molecular flexibility index (Phi) is 6.75. The molecule has 2 aromatic heterocycles. The molecular formula is C28H28ClN3O. The first-order valence-corrected chi connectivity index (χ1v) is 11.5. The van der Waals surface area contributed by atoms with Crippen molar-refractivity contribution in [2.75, 3.05) is 0 Å². The van der Waals surface area contributed by atoms with Crippen molar-refractivity contribution < 1.29 is 4.74 Å². The van der Waals surface area contributed by atoms with E-state index in [4.69, 9.17) is 16.3 Å². The summed E-state index contributed by atoms with van der Waals surface area (Å²) in [5.41, 5.74) is 5.69. The van der Waals surface area contributed by atoms with Crippen LogP contribution in [0.25, 0.3) is 11.3 Å². The molecule has 5 heteroatoms. The number of aryl methyl sites for hydroxylation is 1. The van der Waals surface area contributed by atoms with Gasteiger partial charge in [-0.2, -0.15) is 0 Å². The highest BCUT2D eigenvalue weighted by atomic mass is 35.5. The lowest BCUT2D eigenvalue weighted by Crippen LogP contribution is -2.30. The second-order valence-corrected chi connectivity index (χ2v) is 9.08. The second kappa shape index (κ2) is 9.72. The molecule has 0 aliphatic rings. The van der Waals surface area contributed by atoms with Crippen LogP contribution in [0.3, 0.4) is 0 Å². The van der Waals surface area contributed by atoms with Gasteiger partial charge in [0, 0.05) is 23.4 Å². The van der Waals surface area contributed by atoms with Crippen molar-refractivity contribution in [2.24, 2.45) is 5.92 Å². The van der Waals surface area contributed by atoms with E-state index < -0.39 is 0 Å². The first-order chi connectivity index (χ1) is 15.9. The van der Waals surface area contributed by atoms with E-state index in [9.17, 15) is 0 Å². The standard InChI is InChI=1S/C28H28ClN3O/c1-19(2)28(4,22-10-8-21(9-11-22)26-27(29)32-20(3)17-31-26)23-12-14-25(15-13-23)33-18-24-7-5-6-16-30-24/h5-17,19H,18H2,1-4H3. The summed E-state index contributed by atoms with van der Waals surface area (Å²) in [5.74, 6) is 1.21. The van der Waals surface area contributed by atoms with Gasteiger partial charge in [-0.15, -0.1) is 0 Å². The number of hydrogen-bond acceptors (Lipinski definition) is 4. The Morgan fingerprint density at radius 3 is 2.15 bits per heavy atom. The van der Waals surface area contributed by atoms with Crippen molar-refractivity contribution in [3.8, 4) is 17.0 Å². The summed E-state index contributed by atoms with van der Waals surface area (Å²) < 4.78 is 5.92. The highest BCUT2D eigenvalue weighted by Crippen LogP contribution is 2.40. The number of aromatic nitrogens is 3. The predicted octanol–water partition coefficient (Wildman–Crippen LogP) is 7.04. The monoisotopic (exact) mass is 457 g/mol. The minimum Gasteiger partial charge on any atom is -0.487 e. The van der Waals surface area contributed by atoms with Crippen molar-refractivity contribution in [3.63, 3.8) is 0 Å². The smallest absolute Gasteiger partial charge is 0.155 e. The summed E-state index contributed by atoms with van der Waals surface area (Å²) in [5, 5.41) is 0.427. The van der Waals surface area contributed by atoms with E-state index in [1.807, 2.05) is 37.3 Å². The van der Waals surface area contributed by atoms with Gasteiger partial charge in [0.05, 0.1) is 11.4 Å². The molecule has 1 unspecified atom stereocenters. The van der Waals surface area contributed by atoms with Crippen LogP contribution in [0.15, 0.2) is 79.1 Å². The Hall–Kier alpha value is -3.24. The molecule has 4 aromatic rings. The summed E-state index contributed by atoms with van der Waals surface area (Å²) >= 11 is 6.33. The third-order valence-corrected chi connectivity index (χ3v) is 6.59. The fourth-order valence-corrected chi connectivity index (χ4v) is 4.28.